The smallest absolute Gasteiger partial charge is 0.00257 e. The van der Waals surface area contributed by atoms with E-state index in [1.807, 2.05) is 13.8 Å². The summed E-state index contributed by atoms with van der Waals surface area (Å²) < 4.78 is 0. The van der Waals surface area contributed by atoms with Gasteiger partial charge in [0.25, 0.3) is 0 Å². The second-order valence-corrected chi connectivity index (χ2v) is 4.15. The van der Waals surface area contributed by atoms with Gasteiger partial charge in [-0.2, -0.15) is 0 Å². The normalized spacial score (nSPS) is 9.41. The molecule has 0 radical (unpaired) electrons. The Kier molecular flexibility index (Phi) is 5.48. The van der Waals surface area contributed by atoms with Crippen LogP contribution in [0.15, 0.2) is 48.5 Å². The van der Waals surface area contributed by atoms with Gasteiger partial charge in [-0.1, -0.05) is 73.5 Å². The summed E-state index contributed by atoms with van der Waals surface area (Å²) in [7, 11) is 0. The van der Waals surface area contributed by atoms with E-state index in [2.05, 4.69) is 62.4 Å². The van der Waals surface area contributed by atoms with E-state index < -0.39 is 0 Å². The number of benzene rings is 2. The van der Waals surface area contributed by atoms with Gasteiger partial charge in [-0.25, -0.2) is 0 Å². The molecule has 0 saturated heterocycles. The Balaban J connectivity index is 0.000000686. The van der Waals surface area contributed by atoms with Crippen molar-refractivity contribution in [1.82, 2.24) is 0 Å². The molecule has 0 fully saturated rings. The molecule has 90 valence electrons. The van der Waals surface area contributed by atoms with Crippen LogP contribution in [0.2, 0.25) is 0 Å². The van der Waals surface area contributed by atoms with Gasteiger partial charge in [0.2, 0.25) is 0 Å². The lowest BCUT2D eigenvalue weighted by molar-refractivity contribution is 1.18. The molecule has 0 saturated carbocycles. The summed E-state index contributed by atoms with van der Waals surface area (Å²) in [4.78, 5) is 0. The zero-order valence-electron chi connectivity index (χ0n) is 11.3. The topological polar surface area (TPSA) is 0 Å². The molecule has 0 bridgehead atoms. The monoisotopic (exact) mass is 226 g/mol. The number of rotatable bonds is 2. The fourth-order valence-electron chi connectivity index (χ4n) is 1.76. The van der Waals surface area contributed by atoms with E-state index in [9.17, 15) is 0 Å². The first-order valence-electron chi connectivity index (χ1n) is 6.35. The molecule has 0 N–H and O–H groups in total. The summed E-state index contributed by atoms with van der Waals surface area (Å²) in [6.07, 6.45) is 1.03. The summed E-state index contributed by atoms with van der Waals surface area (Å²) in [5, 5.41) is 0. The molecule has 2 aromatic rings. The zero-order chi connectivity index (χ0) is 12.7. The average Bonchev–Trinajstić information content (AvgIpc) is 2.35. The van der Waals surface area contributed by atoms with Crippen LogP contribution in [0.3, 0.4) is 0 Å². The highest BCUT2D eigenvalue weighted by molar-refractivity contribution is 5.30. The SMILES string of the molecule is CC.Cc1ccc(Cc2cccc(C)c2)cc1. The van der Waals surface area contributed by atoms with Crippen molar-refractivity contribution in [3.8, 4) is 0 Å². The molecule has 0 amide bonds. The van der Waals surface area contributed by atoms with E-state index in [0.29, 0.717) is 0 Å². The molecule has 17 heavy (non-hydrogen) atoms. The largest absolute Gasteiger partial charge is 0.0683 e. The van der Waals surface area contributed by atoms with E-state index in [1.54, 1.807) is 0 Å². The van der Waals surface area contributed by atoms with Crippen molar-refractivity contribution in [2.45, 2.75) is 34.1 Å². The van der Waals surface area contributed by atoms with Crippen LogP contribution in [0.25, 0.3) is 0 Å². The Morgan fingerprint density at radius 1 is 0.706 bits per heavy atom. The number of hydrogen-bond donors (Lipinski definition) is 0. The molecular weight excluding hydrogens is 204 g/mol. The first-order chi connectivity index (χ1) is 8.24. The molecular formula is C17H22. The second-order valence-electron chi connectivity index (χ2n) is 4.15. The van der Waals surface area contributed by atoms with E-state index in [4.69, 9.17) is 0 Å². The molecule has 0 spiro atoms. The lowest BCUT2D eigenvalue weighted by Gasteiger charge is -2.03. The van der Waals surface area contributed by atoms with Gasteiger partial charge < -0.3 is 0 Å². The lowest BCUT2D eigenvalue weighted by atomic mass is 10.0. The van der Waals surface area contributed by atoms with Gasteiger partial charge in [-0.15, -0.1) is 0 Å². The Labute approximate surface area is 105 Å². The van der Waals surface area contributed by atoms with Crippen LogP contribution in [0.4, 0.5) is 0 Å². The first kappa shape index (κ1) is 13.5. The predicted molar refractivity (Wildman–Crippen MR) is 76.5 cm³/mol. The van der Waals surface area contributed by atoms with Gasteiger partial charge in [0.15, 0.2) is 0 Å². The van der Waals surface area contributed by atoms with Crippen molar-refractivity contribution in [1.29, 1.82) is 0 Å². The quantitative estimate of drug-likeness (QED) is 0.681. The van der Waals surface area contributed by atoms with Crippen LogP contribution in [-0.2, 0) is 6.42 Å². The molecule has 0 heteroatoms. The maximum Gasteiger partial charge on any atom is -0.00257 e. The Hall–Kier alpha value is -1.56. The van der Waals surface area contributed by atoms with Crippen LogP contribution in [0.5, 0.6) is 0 Å². The van der Waals surface area contributed by atoms with E-state index in [0.717, 1.165) is 6.42 Å². The van der Waals surface area contributed by atoms with E-state index >= 15 is 0 Å². The summed E-state index contributed by atoms with van der Waals surface area (Å²) in [5.74, 6) is 0. The van der Waals surface area contributed by atoms with Crippen molar-refractivity contribution >= 4 is 0 Å². The summed E-state index contributed by atoms with van der Waals surface area (Å²) in [6.45, 7) is 8.26. The highest BCUT2D eigenvalue weighted by atomic mass is 14.0. The lowest BCUT2D eigenvalue weighted by Crippen LogP contribution is -1.88. The summed E-state index contributed by atoms with van der Waals surface area (Å²) in [6, 6.07) is 17.5. The minimum Gasteiger partial charge on any atom is -0.0683 e. The van der Waals surface area contributed by atoms with Gasteiger partial charge in [0.1, 0.15) is 0 Å². The zero-order valence-corrected chi connectivity index (χ0v) is 11.3. The minimum atomic E-state index is 1.03. The number of aryl methyl sites for hydroxylation is 2. The van der Waals surface area contributed by atoms with Crippen molar-refractivity contribution in [3.05, 3.63) is 70.8 Å². The van der Waals surface area contributed by atoms with Crippen molar-refractivity contribution < 1.29 is 0 Å². The van der Waals surface area contributed by atoms with Gasteiger partial charge in [0, 0.05) is 0 Å². The van der Waals surface area contributed by atoms with E-state index in [-0.39, 0.29) is 0 Å². The van der Waals surface area contributed by atoms with Crippen LogP contribution < -0.4 is 0 Å². The van der Waals surface area contributed by atoms with Gasteiger partial charge >= 0.3 is 0 Å². The van der Waals surface area contributed by atoms with E-state index in [1.165, 1.54) is 22.3 Å². The van der Waals surface area contributed by atoms with Crippen molar-refractivity contribution in [3.63, 3.8) is 0 Å². The average molecular weight is 226 g/mol. The molecule has 0 aliphatic carbocycles. The van der Waals surface area contributed by atoms with Gasteiger partial charge in [0.05, 0.1) is 0 Å². The van der Waals surface area contributed by atoms with Crippen molar-refractivity contribution in [2.24, 2.45) is 0 Å². The molecule has 0 unspecified atom stereocenters. The molecule has 0 atom stereocenters. The Morgan fingerprint density at radius 2 is 1.35 bits per heavy atom. The molecule has 2 rings (SSSR count). The highest BCUT2D eigenvalue weighted by Gasteiger charge is 1.96. The second kappa shape index (κ2) is 6.90. The third-order valence-corrected chi connectivity index (χ3v) is 2.61. The van der Waals surface area contributed by atoms with Gasteiger partial charge in [-0.05, 0) is 31.4 Å². The fourth-order valence-corrected chi connectivity index (χ4v) is 1.76. The maximum absolute atomic E-state index is 2.25. The van der Waals surface area contributed by atoms with Crippen LogP contribution in [0, 0.1) is 13.8 Å². The third kappa shape index (κ3) is 4.44. The van der Waals surface area contributed by atoms with Crippen LogP contribution in [-0.4, -0.2) is 0 Å². The Morgan fingerprint density at radius 3 is 1.94 bits per heavy atom. The van der Waals surface area contributed by atoms with Crippen molar-refractivity contribution in [2.75, 3.05) is 0 Å². The maximum atomic E-state index is 2.25. The van der Waals surface area contributed by atoms with Gasteiger partial charge in [-0.3, -0.25) is 0 Å². The Bertz CT molecular complexity index is 438. The third-order valence-electron chi connectivity index (χ3n) is 2.61. The molecule has 2 aromatic carbocycles. The number of hydrogen-bond acceptors (Lipinski definition) is 0. The highest BCUT2D eigenvalue weighted by Crippen LogP contribution is 2.11. The van der Waals surface area contributed by atoms with Crippen LogP contribution >= 0.6 is 0 Å². The van der Waals surface area contributed by atoms with Crippen LogP contribution in [0.1, 0.15) is 36.1 Å². The fraction of sp³-hybridized carbons (Fsp3) is 0.294. The minimum absolute atomic E-state index is 1.03. The molecule has 0 heterocycles. The standard InChI is InChI=1S/C15H16.C2H6/c1-12-6-8-14(9-7-12)11-15-5-3-4-13(2)10-15;1-2/h3-10H,11H2,1-2H3;1-2H3. The summed E-state index contributed by atoms with van der Waals surface area (Å²) >= 11 is 0. The summed E-state index contributed by atoms with van der Waals surface area (Å²) in [5.41, 5.74) is 5.42. The molecule has 0 aliphatic heterocycles. The molecule has 0 nitrogen and oxygen atoms in total. The molecule has 0 aromatic heterocycles. The first-order valence-corrected chi connectivity index (χ1v) is 6.35. The predicted octanol–water partition coefficient (Wildman–Crippen LogP) is 4.92. The molecule has 0 aliphatic rings.